The molecular weight excluding hydrogens is 467 g/mol. The van der Waals surface area contributed by atoms with Gasteiger partial charge in [0.15, 0.2) is 0 Å². The second-order valence-corrected chi connectivity index (χ2v) is 7.23. The Morgan fingerprint density at radius 2 is 2.00 bits per heavy atom. The monoisotopic (exact) mass is 481 g/mol. The number of hydrogen-bond donors (Lipinski definition) is 1. The largest absolute Gasteiger partial charge is 0.306 e. The first-order chi connectivity index (χ1) is 10.0. The van der Waals surface area contributed by atoms with E-state index in [1.807, 2.05) is 18.2 Å². The lowest BCUT2D eigenvalue weighted by atomic mass is 9.98. The zero-order valence-electron chi connectivity index (χ0n) is 11.5. The lowest BCUT2D eigenvalue weighted by molar-refractivity contribution is 0.545. The zero-order valence-corrected chi connectivity index (χ0v) is 16.0. The molecule has 0 saturated carbocycles. The van der Waals surface area contributed by atoms with Crippen LogP contribution in [0.3, 0.4) is 0 Å². The highest BCUT2D eigenvalue weighted by Crippen LogP contribution is 2.31. The molecule has 0 amide bonds. The molecule has 0 radical (unpaired) electrons. The summed E-state index contributed by atoms with van der Waals surface area (Å²) in [5.74, 6) is -0.285. The Morgan fingerprint density at radius 1 is 1.24 bits per heavy atom. The zero-order chi connectivity index (χ0) is 15.4. The van der Waals surface area contributed by atoms with E-state index in [-0.39, 0.29) is 11.9 Å². The Balaban J connectivity index is 2.49. The molecule has 0 aromatic heterocycles. The molecule has 2 aromatic carbocycles. The summed E-state index contributed by atoms with van der Waals surface area (Å²) in [4.78, 5) is 0. The predicted octanol–water partition coefficient (Wildman–Crippen LogP) is 5.94. The van der Waals surface area contributed by atoms with Gasteiger partial charge in [-0.3, -0.25) is 0 Å². The molecule has 1 nitrogen and oxygen atoms in total. The van der Waals surface area contributed by atoms with Crippen LogP contribution < -0.4 is 5.32 Å². The molecule has 2 aromatic rings. The van der Waals surface area contributed by atoms with Gasteiger partial charge in [-0.05, 0) is 71.5 Å². The second kappa shape index (κ2) is 7.90. The van der Waals surface area contributed by atoms with Gasteiger partial charge in [0.25, 0.3) is 0 Å². The molecule has 0 aliphatic carbocycles. The van der Waals surface area contributed by atoms with E-state index < -0.39 is 0 Å². The van der Waals surface area contributed by atoms with Crippen LogP contribution in [0.1, 0.15) is 30.5 Å². The summed E-state index contributed by atoms with van der Waals surface area (Å²) in [7, 11) is 0. The van der Waals surface area contributed by atoms with Gasteiger partial charge in [-0.15, -0.1) is 0 Å². The summed E-state index contributed by atoms with van der Waals surface area (Å²) < 4.78 is 16.4. The van der Waals surface area contributed by atoms with Gasteiger partial charge in [-0.2, -0.15) is 0 Å². The van der Waals surface area contributed by atoms with Crippen molar-refractivity contribution in [3.63, 3.8) is 0 Å². The van der Waals surface area contributed by atoms with E-state index >= 15 is 0 Å². The van der Waals surface area contributed by atoms with Crippen LogP contribution in [-0.2, 0) is 0 Å². The quantitative estimate of drug-likeness (QED) is 0.521. The molecule has 1 unspecified atom stereocenters. The number of nitrogens with one attached hydrogen (secondary N) is 1. The van der Waals surface area contributed by atoms with Crippen molar-refractivity contribution in [3.05, 3.63) is 66.4 Å². The average molecular weight is 483 g/mol. The molecule has 0 bridgehead atoms. The summed E-state index contributed by atoms with van der Waals surface area (Å²) in [6.45, 7) is 2.91. The molecule has 112 valence electrons. The Morgan fingerprint density at radius 3 is 2.67 bits per heavy atom. The second-order valence-electron chi connectivity index (χ2n) is 4.72. The molecule has 21 heavy (non-hydrogen) atoms. The van der Waals surface area contributed by atoms with Crippen LogP contribution in [0.25, 0.3) is 0 Å². The van der Waals surface area contributed by atoms with E-state index in [1.165, 1.54) is 6.07 Å². The van der Waals surface area contributed by atoms with Crippen molar-refractivity contribution < 1.29 is 4.39 Å². The van der Waals surface area contributed by atoms with Gasteiger partial charge in [0, 0.05) is 18.6 Å². The minimum absolute atomic E-state index is 0.188. The molecular formula is C16H15BrClFIN. The number of hydrogen-bond acceptors (Lipinski definition) is 1. The molecule has 5 heteroatoms. The van der Waals surface area contributed by atoms with Crippen LogP contribution in [0.2, 0.25) is 5.02 Å². The molecule has 0 aliphatic rings. The van der Waals surface area contributed by atoms with E-state index in [0.717, 1.165) is 26.6 Å². The topological polar surface area (TPSA) is 12.0 Å². The summed E-state index contributed by atoms with van der Waals surface area (Å²) in [6.07, 6.45) is 0.982. The molecule has 1 atom stereocenters. The van der Waals surface area contributed by atoms with Gasteiger partial charge in [0.1, 0.15) is 5.82 Å². The molecule has 0 fully saturated rings. The molecule has 0 heterocycles. The lowest BCUT2D eigenvalue weighted by Gasteiger charge is -2.22. The first-order valence-electron chi connectivity index (χ1n) is 6.66. The molecule has 0 spiro atoms. The lowest BCUT2D eigenvalue weighted by Crippen LogP contribution is -2.25. The Bertz CT molecular complexity index is 636. The van der Waals surface area contributed by atoms with Crippen molar-refractivity contribution >= 4 is 50.1 Å². The van der Waals surface area contributed by atoms with Crippen molar-refractivity contribution in [2.24, 2.45) is 0 Å². The third kappa shape index (κ3) is 4.41. The van der Waals surface area contributed by atoms with Gasteiger partial charge in [0.2, 0.25) is 0 Å². The van der Waals surface area contributed by atoms with Crippen LogP contribution in [-0.4, -0.2) is 6.54 Å². The van der Waals surface area contributed by atoms with Gasteiger partial charge in [-0.25, -0.2) is 4.39 Å². The molecule has 0 aliphatic heterocycles. The molecule has 0 saturated heterocycles. The Kier molecular flexibility index (Phi) is 6.47. The van der Waals surface area contributed by atoms with Gasteiger partial charge >= 0.3 is 0 Å². The maximum atomic E-state index is 14.3. The maximum Gasteiger partial charge on any atom is 0.129 e. The van der Waals surface area contributed by atoms with Gasteiger partial charge < -0.3 is 5.32 Å². The molecule has 2 rings (SSSR count). The van der Waals surface area contributed by atoms with Gasteiger partial charge in [0.05, 0.1) is 6.04 Å². The smallest absolute Gasteiger partial charge is 0.129 e. The highest BCUT2D eigenvalue weighted by Gasteiger charge is 2.20. The van der Waals surface area contributed by atoms with Crippen LogP contribution in [0.5, 0.6) is 0 Å². The van der Waals surface area contributed by atoms with Crippen LogP contribution in [0.15, 0.2) is 40.9 Å². The summed E-state index contributed by atoms with van der Waals surface area (Å²) in [5.41, 5.74) is 1.67. The minimum Gasteiger partial charge on any atom is -0.306 e. The maximum absolute atomic E-state index is 14.3. The van der Waals surface area contributed by atoms with E-state index in [2.05, 4.69) is 50.8 Å². The first-order valence-corrected chi connectivity index (χ1v) is 8.91. The number of benzene rings is 2. The minimum atomic E-state index is -0.285. The number of rotatable bonds is 5. The van der Waals surface area contributed by atoms with E-state index in [1.54, 1.807) is 12.1 Å². The highest BCUT2D eigenvalue weighted by atomic mass is 127. The summed E-state index contributed by atoms with van der Waals surface area (Å²) in [5, 5.41) is 3.83. The fraction of sp³-hybridized carbons (Fsp3) is 0.250. The van der Waals surface area contributed by atoms with Crippen LogP contribution in [0.4, 0.5) is 4.39 Å². The third-order valence-corrected chi connectivity index (χ3v) is 4.85. The predicted molar refractivity (Wildman–Crippen MR) is 98.4 cm³/mol. The summed E-state index contributed by atoms with van der Waals surface area (Å²) in [6, 6.07) is 10.7. The summed E-state index contributed by atoms with van der Waals surface area (Å²) >= 11 is 11.6. The Labute approximate surface area is 151 Å². The fourth-order valence-corrected chi connectivity index (χ4v) is 3.33. The average Bonchev–Trinajstić information content (AvgIpc) is 2.44. The van der Waals surface area contributed by atoms with E-state index in [4.69, 9.17) is 11.6 Å². The SMILES string of the molecule is CCCNC(c1ccc(Cl)cc1F)c1cc(Br)ccc1I. The van der Waals surface area contributed by atoms with Crippen molar-refractivity contribution in [1.82, 2.24) is 5.32 Å². The Hall–Kier alpha value is -0.170. The van der Waals surface area contributed by atoms with Crippen LogP contribution >= 0.6 is 50.1 Å². The normalized spacial score (nSPS) is 12.4. The van der Waals surface area contributed by atoms with Crippen molar-refractivity contribution in [3.8, 4) is 0 Å². The van der Waals surface area contributed by atoms with Gasteiger partial charge in [-0.1, -0.05) is 40.5 Å². The van der Waals surface area contributed by atoms with Crippen molar-refractivity contribution in [2.45, 2.75) is 19.4 Å². The first kappa shape index (κ1) is 17.2. The number of halogens is 4. The third-order valence-electron chi connectivity index (χ3n) is 3.14. The molecule has 1 N–H and O–H groups in total. The van der Waals surface area contributed by atoms with E-state index in [0.29, 0.717) is 10.6 Å². The van der Waals surface area contributed by atoms with Crippen LogP contribution in [0, 0.1) is 9.39 Å². The fourth-order valence-electron chi connectivity index (χ4n) is 2.15. The van der Waals surface area contributed by atoms with E-state index in [9.17, 15) is 4.39 Å². The van der Waals surface area contributed by atoms with Crippen molar-refractivity contribution in [1.29, 1.82) is 0 Å². The standard InChI is InChI=1S/C16H15BrClFIN/c1-2-7-21-16(12-5-4-11(18)9-14(12)19)13-8-10(17)3-6-15(13)20/h3-6,8-9,16,21H,2,7H2,1H3. The highest BCUT2D eigenvalue weighted by molar-refractivity contribution is 14.1. The van der Waals surface area contributed by atoms with Crippen molar-refractivity contribution in [2.75, 3.05) is 6.54 Å².